The van der Waals surface area contributed by atoms with Crippen molar-refractivity contribution in [3.8, 4) is 5.75 Å². The lowest BCUT2D eigenvalue weighted by Crippen LogP contribution is -2.35. The first-order valence-electron chi connectivity index (χ1n) is 7.63. The van der Waals surface area contributed by atoms with Crippen LogP contribution in [-0.2, 0) is 0 Å². The fourth-order valence-corrected chi connectivity index (χ4v) is 3.09. The molecule has 0 aliphatic heterocycles. The lowest BCUT2D eigenvalue weighted by Gasteiger charge is -2.31. The maximum absolute atomic E-state index is 5.49. The van der Waals surface area contributed by atoms with E-state index >= 15 is 0 Å². The Bertz CT molecular complexity index is 383. The maximum Gasteiger partial charge on any atom is 0.123 e. The molecule has 1 aliphatic carbocycles. The molecule has 1 saturated carbocycles. The third-order valence-corrected chi connectivity index (χ3v) is 4.38. The first-order valence-corrected chi connectivity index (χ1v) is 7.63. The molecule has 1 unspecified atom stereocenters. The molecule has 0 heterocycles. The van der Waals surface area contributed by atoms with Gasteiger partial charge in [-0.2, -0.15) is 0 Å². The summed E-state index contributed by atoms with van der Waals surface area (Å²) in [6.07, 6.45) is 6.45. The Hall–Kier alpha value is -1.02. The smallest absolute Gasteiger partial charge is 0.123 e. The second-order valence-corrected chi connectivity index (χ2v) is 5.83. The molecule has 0 aromatic heterocycles. The summed E-state index contributed by atoms with van der Waals surface area (Å²) in [5, 5.41) is 3.84. The summed E-state index contributed by atoms with van der Waals surface area (Å²) in [7, 11) is 1.76. The zero-order valence-corrected chi connectivity index (χ0v) is 12.5. The highest BCUT2D eigenvalue weighted by molar-refractivity contribution is 5.35. The molecule has 1 N–H and O–H groups in total. The summed E-state index contributed by atoms with van der Waals surface area (Å²) in [6, 6.07) is 9.47. The highest BCUT2D eigenvalue weighted by Gasteiger charge is 2.22. The normalized spacial score (nSPS) is 25.0. The van der Waals surface area contributed by atoms with Crippen molar-refractivity contribution in [3.05, 3.63) is 29.8 Å². The average Bonchev–Trinajstić information content (AvgIpc) is 2.46. The minimum absolute atomic E-state index is 0.412. The van der Waals surface area contributed by atoms with E-state index in [1.807, 2.05) is 6.07 Å². The highest BCUT2D eigenvalue weighted by Crippen LogP contribution is 2.30. The number of para-hydroxylation sites is 1. The van der Waals surface area contributed by atoms with E-state index in [1.54, 1.807) is 7.11 Å². The summed E-state index contributed by atoms with van der Waals surface area (Å²) in [4.78, 5) is 0. The number of methoxy groups -OCH3 is 1. The van der Waals surface area contributed by atoms with Gasteiger partial charge in [0.25, 0.3) is 0 Å². The van der Waals surface area contributed by atoms with E-state index in [1.165, 1.54) is 31.2 Å². The highest BCUT2D eigenvalue weighted by atomic mass is 16.5. The van der Waals surface area contributed by atoms with Gasteiger partial charge >= 0.3 is 0 Å². The van der Waals surface area contributed by atoms with E-state index in [0.29, 0.717) is 12.1 Å². The molecule has 1 aromatic carbocycles. The van der Waals surface area contributed by atoms with Crippen LogP contribution in [0.2, 0.25) is 0 Å². The molecule has 1 atom stereocenters. The molecule has 1 aromatic rings. The van der Waals surface area contributed by atoms with Gasteiger partial charge in [0.05, 0.1) is 7.11 Å². The minimum atomic E-state index is 0.412. The van der Waals surface area contributed by atoms with Crippen LogP contribution >= 0.6 is 0 Å². The Morgan fingerprint density at radius 1 is 1.21 bits per heavy atom. The van der Waals surface area contributed by atoms with Crippen LogP contribution in [0.5, 0.6) is 5.75 Å². The zero-order chi connectivity index (χ0) is 13.7. The van der Waals surface area contributed by atoms with Crippen molar-refractivity contribution in [2.45, 2.75) is 58.0 Å². The van der Waals surface area contributed by atoms with Crippen molar-refractivity contribution in [1.82, 2.24) is 5.32 Å². The largest absolute Gasteiger partial charge is 0.496 e. The fraction of sp³-hybridized carbons (Fsp3) is 0.647. The average molecular weight is 261 g/mol. The predicted octanol–water partition coefficient (Wildman–Crippen LogP) is 4.31. The van der Waals surface area contributed by atoms with Crippen LogP contribution in [-0.4, -0.2) is 13.2 Å². The summed E-state index contributed by atoms with van der Waals surface area (Å²) in [5.74, 6) is 1.91. The van der Waals surface area contributed by atoms with Gasteiger partial charge < -0.3 is 10.1 Å². The van der Waals surface area contributed by atoms with Crippen LogP contribution < -0.4 is 10.1 Å². The van der Waals surface area contributed by atoms with Gasteiger partial charge in [0.15, 0.2) is 0 Å². The standard InChI is InChI=1S/C17H27NO/c1-4-16(15-7-5-6-8-17(15)19-3)18-14-11-9-13(2)10-12-14/h5-8,13-14,16,18H,4,9-12H2,1-3H3. The molecule has 2 nitrogen and oxygen atoms in total. The quantitative estimate of drug-likeness (QED) is 0.852. The van der Waals surface area contributed by atoms with Crippen molar-refractivity contribution in [2.24, 2.45) is 5.92 Å². The Morgan fingerprint density at radius 2 is 1.89 bits per heavy atom. The van der Waals surface area contributed by atoms with Crippen LogP contribution in [0.15, 0.2) is 24.3 Å². The Morgan fingerprint density at radius 3 is 2.53 bits per heavy atom. The summed E-state index contributed by atoms with van der Waals surface area (Å²) < 4.78 is 5.49. The Labute approximate surface area is 117 Å². The molecule has 0 spiro atoms. The van der Waals surface area contributed by atoms with Crippen molar-refractivity contribution >= 4 is 0 Å². The molecule has 0 saturated heterocycles. The van der Waals surface area contributed by atoms with Gasteiger partial charge in [0.1, 0.15) is 5.75 Å². The molecule has 1 fully saturated rings. The molecule has 2 rings (SSSR count). The third kappa shape index (κ3) is 3.73. The third-order valence-electron chi connectivity index (χ3n) is 4.38. The summed E-state index contributed by atoms with van der Waals surface area (Å²) >= 11 is 0. The first-order chi connectivity index (χ1) is 9.24. The number of ether oxygens (including phenoxy) is 1. The Balaban J connectivity index is 2.03. The van der Waals surface area contributed by atoms with Crippen LogP contribution in [0.25, 0.3) is 0 Å². The van der Waals surface area contributed by atoms with Gasteiger partial charge in [-0.05, 0) is 44.1 Å². The molecule has 0 radical (unpaired) electrons. The van der Waals surface area contributed by atoms with Gasteiger partial charge in [0, 0.05) is 17.6 Å². The molecular formula is C17H27NO. The van der Waals surface area contributed by atoms with Gasteiger partial charge in [-0.25, -0.2) is 0 Å². The van der Waals surface area contributed by atoms with Gasteiger partial charge in [-0.15, -0.1) is 0 Å². The van der Waals surface area contributed by atoms with Crippen LogP contribution in [0.3, 0.4) is 0 Å². The van der Waals surface area contributed by atoms with E-state index in [4.69, 9.17) is 4.74 Å². The van der Waals surface area contributed by atoms with Gasteiger partial charge in [0.2, 0.25) is 0 Å². The van der Waals surface area contributed by atoms with E-state index in [9.17, 15) is 0 Å². The topological polar surface area (TPSA) is 21.3 Å². The fourth-order valence-electron chi connectivity index (χ4n) is 3.09. The first kappa shape index (κ1) is 14.4. The van der Waals surface area contributed by atoms with E-state index < -0.39 is 0 Å². The molecule has 19 heavy (non-hydrogen) atoms. The maximum atomic E-state index is 5.49. The number of benzene rings is 1. The lowest BCUT2D eigenvalue weighted by molar-refractivity contribution is 0.282. The summed E-state index contributed by atoms with van der Waals surface area (Å²) in [6.45, 7) is 4.61. The molecule has 2 heteroatoms. The number of nitrogens with one attached hydrogen (secondary N) is 1. The zero-order valence-electron chi connectivity index (χ0n) is 12.5. The Kier molecular flexibility index (Phi) is 5.26. The van der Waals surface area contributed by atoms with Crippen molar-refractivity contribution in [3.63, 3.8) is 0 Å². The second-order valence-electron chi connectivity index (χ2n) is 5.83. The predicted molar refractivity (Wildman–Crippen MR) is 80.6 cm³/mol. The second kappa shape index (κ2) is 6.95. The van der Waals surface area contributed by atoms with E-state index in [-0.39, 0.29) is 0 Å². The number of hydrogen-bond donors (Lipinski definition) is 1. The van der Waals surface area contributed by atoms with Gasteiger partial charge in [-0.3, -0.25) is 0 Å². The molecular weight excluding hydrogens is 234 g/mol. The molecule has 0 amide bonds. The van der Waals surface area contributed by atoms with Crippen LogP contribution in [0.4, 0.5) is 0 Å². The molecule has 0 bridgehead atoms. The number of rotatable bonds is 5. The van der Waals surface area contributed by atoms with Crippen molar-refractivity contribution < 1.29 is 4.74 Å². The molecule has 1 aliphatic rings. The lowest BCUT2D eigenvalue weighted by atomic mass is 9.86. The molecule has 106 valence electrons. The van der Waals surface area contributed by atoms with Crippen LogP contribution in [0, 0.1) is 5.92 Å². The monoisotopic (exact) mass is 261 g/mol. The van der Waals surface area contributed by atoms with Crippen molar-refractivity contribution in [1.29, 1.82) is 0 Å². The minimum Gasteiger partial charge on any atom is -0.496 e. The van der Waals surface area contributed by atoms with Crippen molar-refractivity contribution in [2.75, 3.05) is 7.11 Å². The van der Waals surface area contributed by atoms with E-state index in [0.717, 1.165) is 18.1 Å². The number of hydrogen-bond acceptors (Lipinski definition) is 2. The SMILES string of the molecule is CCC(NC1CCC(C)CC1)c1ccccc1OC. The summed E-state index contributed by atoms with van der Waals surface area (Å²) in [5.41, 5.74) is 1.30. The van der Waals surface area contributed by atoms with Gasteiger partial charge in [-0.1, -0.05) is 32.0 Å². The van der Waals surface area contributed by atoms with E-state index in [2.05, 4.69) is 37.4 Å². The van der Waals surface area contributed by atoms with Crippen LogP contribution in [0.1, 0.15) is 57.6 Å².